The summed E-state index contributed by atoms with van der Waals surface area (Å²) >= 11 is 0. The predicted octanol–water partition coefficient (Wildman–Crippen LogP) is 3.44. The van der Waals surface area contributed by atoms with Gasteiger partial charge in [-0.3, -0.25) is 9.59 Å². The summed E-state index contributed by atoms with van der Waals surface area (Å²) < 4.78 is 11.3. The van der Waals surface area contributed by atoms with Crippen molar-refractivity contribution in [1.29, 1.82) is 0 Å². The summed E-state index contributed by atoms with van der Waals surface area (Å²) in [5, 5.41) is 2.67. The second-order valence-corrected chi connectivity index (χ2v) is 7.05. The molecule has 1 N–H and O–H groups in total. The van der Waals surface area contributed by atoms with E-state index in [4.69, 9.17) is 9.47 Å². The summed E-state index contributed by atoms with van der Waals surface area (Å²) in [6.45, 7) is 2.12. The fraction of sp³-hybridized carbons (Fsp3) is 0.208. The molecular formula is C24H25N3O4. The van der Waals surface area contributed by atoms with E-state index in [0.29, 0.717) is 23.9 Å². The smallest absolute Gasteiger partial charge is 0.260 e. The van der Waals surface area contributed by atoms with E-state index in [-0.39, 0.29) is 25.0 Å². The zero-order valence-electron chi connectivity index (χ0n) is 17.6. The Morgan fingerprint density at radius 3 is 2.32 bits per heavy atom. The average Bonchev–Trinajstić information content (AvgIpc) is 2.77. The van der Waals surface area contributed by atoms with Crippen LogP contribution in [-0.4, -0.2) is 41.9 Å². The quantitative estimate of drug-likeness (QED) is 0.575. The third kappa shape index (κ3) is 7.15. The molecule has 1 aromatic heterocycles. The van der Waals surface area contributed by atoms with Crippen LogP contribution < -0.4 is 14.8 Å². The number of hydrogen-bond acceptors (Lipinski definition) is 5. The van der Waals surface area contributed by atoms with Crippen molar-refractivity contribution in [2.75, 3.05) is 25.5 Å². The van der Waals surface area contributed by atoms with Crippen LogP contribution in [-0.2, 0) is 16.2 Å². The number of carbonyl (C=O) groups excluding carboxylic acids is 2. The third-order valence-electron chi connectivity index (χ3n) is 4.42. The minimum atomic E-state index is -0.325. The van der Waals surface area contributed by atoms with Gasteiger partial charge in [0.15, 0.2) is 6.61 Å². The summed E-state index contributed by atoms with van der Waals surface area (Å²) in [6, 6.07) is 20.5. The van der Waals surface area contributed by atoms with Crippen LogP contribution in [0.3, 0.4) is 0 Å². The number of nitrogens with one attached hydrogen (secondary N) is 1. The van der Waals surface area contributed by atoms with Gasteiger partial charge in [0, 0.05) is 13.2 Å². The van der Waals surface area contributed by atoms with Crippen LogP contribution in [0.15, 0.2) is 72.9 Å². The van der Waals surface area contributed by atoms with Gasteiger partial charge in [-0.1, -0.05) is 30.3 Å². The Balaban J connectivity index is 1.41. The molecule has 2 amide bonds. The number of hydrogen-bond donors (Lipinski definition) is 1. The molecule has 0 fully saturated rings. The monoisotopic (exact) mass is 419 g/mol. The van der Waals surface area contributed by atoms with Gasteiger partial charge in [0.2, 0.25) is 5.91 Å². The molecule has 2 aromatic carbocycles. The zero-order chi connectivity index (χ0) is 22.1. The number of anilines is 1. The van der Waals surface area contributed by atoms with Gasteiger partial charge < -0.3 is 19.7 Å². The molecule has 0 bridgehead atoms. The first-order valence-corrected chi connectivity index (χ1v) is 9.85. The Bertz CT molecular complexity index is 1010. The fourth-order valence-corrected chi connectivity index (χ4v) is 2.72. The number of benzene rings is 2. The van der Waals surface area contributed by atoms with Crippen molar-refractivity contribution in [3.05, 3.63) is 84.1 Å². The summed E-state index contributed by atoms with van der Waals surface area (Å²) in [6.07, 6.45) is 1.62. The van der Waals surface area contributed by atoms with Crippen LogP contribution in [0.5, 0.6) is 11.5 Å². The average molecular weight is 419 g/mol. The van der Waals surface area contributed by atoms with E-state index in [1.165, 1.54) is 4.90 Å². The van der Waals surface area contributed by atoms with Crippen molar-refractivity contribution in [2.24, 2.45) is 0 Å². The van der Waals surface area contributed by atoms with E-state index in [2.05, 4.69) is 10.3 Å². The Morgan fingerprint density at radius 1 is 0.968 bits per heavy atom. The van der Waals surface area contributed by atoms with E-state index in [1.807, 2.05) is 43.3 Å². The molecule has 0 radical (unpaired) electrons. The van der Waals surface area contributed by atoms with Gasteiger partial charge >= 0.3 is 0 Å². The molecule has 0 saturated heterocycles. The number of carbonyl (C=O) groups is 2. The van der Waals surface area contributed by atoms with E-state index < -0.39 is 0 Å². The second-order valence-electron chi connectivity index (χ2n) is 7.05. The lowest BCUT2D eigenvalue weighted by Crippen LogP contribution is -2.37. The van der Waals surface area contributed by atoms with Gasteiger partial charge in [0.1, 0.15) is 23.9 Å². The van der Waals surface area contributed by atoms with E-state index >= 15 is 0 Å². The SMILES string of the molecule is Cc1ccnc(NC(=O)CN(C)C(=O)COc2ccc(OCc3ccccc3)cc2)c1. The number of aryl methyl sites for hydroxylation is 1. The van der Waals surface area contributed by atoms with Gasteiger partial charge in [-0.25, -0.2) is 4.98 Å². The number of pyridine rings is 1. The molecule has 0 aliphatic rings. The van der Waals surface area contributed by atoms with Crippen molar-refractivity contribution in [3.8, 4) is 11.5 Å². The lowest BCUT2D eigenvalue weighted by atomic mass is 10.2. The molecule has 1 heterocycles. The van der Waals surface area contributed by atoms with Crippen molar-refractivity contribution in [2.45, 2.75) is 13.5 Å². The lowest BCUT2D eigenvalue weighted by molar-refractivity contribution is -0.135. The summed E-state index contributed by atoms with van der Waals surface area (Å²) in [4.78, 5) is 29.8. The van der Waals surface area contributed by atoms with E-state index in [1.54, 1.807) is 43.6 Å². The normalized spacial score (nSPS) is 10.3. The number of likely N-dealkylation sites (N-methyl/N-ethyl adjacent to an activating group) is 1. The van der Waals surface area contributed by atoms with Crippen LogP contribution in [0.2, 0.25) is 0 Å². The molecule has 0 unspecified atom stereocenters. The molecule has 31 heavy (non-hydrogen) atoms. The first-order valence-electron chi connectivity index (χ1n) is 9.85. The number of rotatable bonds is 9. The minimum absolute atomic E-state index is 0.0932. The minimum Gasteiger partial charge on any atom is -0.489 e. The van der Waals surface area contributed by atoms with Gasteiger partial charge in [-0.2, -0.15) is 0 Å². The molecule has 0 aliphatic heterocycles. The molecular weight excluding hydrogens is 394 g/mol. The molecule has 0 atom stereocenters. The number of nitrogens with zero attached hydrogens (tertiary/aromatic N) is 2. The van der Waals surface area contributed by atoms with Crippen LogP contribution in [0.1, 0.15) is 11.1 Å². The molecule has 0 spiro atoms. The van der Waals surface area contributed by atoms with Crippen molar-refractivity contribution in [3.63, 3.8) is 0 Å². The molecule has 7 heteroatoms. The number of aromatic nitrogens is 1. The van der Waals surface area contributed by atoms with Crippen molar-refractivity contribution in [1.82, 2.24) is 9.88 Å². The standard InChI is InChI=1S/C24H25N3O4/c1-18-12-13-25-22(14-18)26-23(28)15-27(2)24(29)17-31-21-10-8-20(9-11-21)30-16-19-6-4-3-5-7-19/h3-14H,15-17H2,1-2H3,(H,25,26,28). The maximum Gasteiger partial charge on any atom is 0.260 e. The second kappa shape index (κ2) is 10.8. The Labute approximate surface area is 181 Å². The zero-order valence-corrected chi connectivity index (χ0v) is 17.6. The summed E-state index contributed by atoms with van der Waals surface area (Å²) in [5.41, 5.74) is 2.07. The highest BCUT2D eigenvalue weighted by Gasteiger charge is 2.14. The van der Waals surface area contributed by atoms with Crippen molar-refractivity contribution >= 4 is 17.6 Å². The third-order valence-corrected chi connectivity index (χ3v) is 4.42. The van der Waals surface area contributed by atoms with Crippen LogP contribution in [0, 0.1) is 6.92 Å². The van der Waals surface area contributed by atoms with Gasteiger partial charge in [0.25, 0.3) is 5.91 Å². The van der Waals surface area contributed by atoms with Crippen LogP contribution in [0.4, 0.5) is 5.82 Å². The highest BCUT2D eigenvalue weighted by atomic mass is 16.5. The van der Waals surface area contributed by atoms with Gasteiger partial charge in [0.05, 0.1) is 6.54 Å². The Morgan fingerprint density at radius 2 is 1.65 bits per heavy atom. The summed E-state index contributed by atoms with van der Waals surface area (Å²) in [7, 11) is 1.55. The molecule has 160 valence electrons. The molecule has 3 aromatic rings. The molecule has 0 aliphatic carbocycles. The first-order chi connectivity index (χ1) is 15.0. The predicted molar refractivity (Wildman–Crippen MR) is 118 cm³/mol. The number of ether oxygens (including phenoxy) is 2. The maximum atomic E-state index is 12.3. The molecule has 3 rings (SSSR count). The Kier molecular flexibility index (Phi) is 7.59. The lowest BCUT2D eigenvalue weighted by Gasteiger charge is -2.17. The Hall–Kier alpha value is -3.87. The first kappa shape index (κ1) is 21.8. The number of amides is 2. The van der Waals surface area contributed by atoms with Crippen LogP contribution >= 0.6 is 0 Å². The largest absolute Gasteiger partial charge is 0.489 e. The van der Waals surface area contributed by atoms with Crippen LogP contribution in [0.25, 0.3) is 0 Å². The molecule has 7 nitrogen and oxygen atoms in total. The van der Waals surface area contributed by atoms with Gasteiger partial charge in [-0.15, -0.1) is 0 Å². The van der Waals surface area contributed by atoms with Crippen molar-refractivity contribution < 1.29 is 19.1 Å². The highest BCUT2D eigenvalue weighted by molar-refractivity contribution is 5.93. The maximum absolute atomic E-state index is 12.3. The topological polar surface area (TPSA) is 80.8 Å². The van der Waals surface area contributed by atoms with E-state index in [0.717, 1.165) is 11.1 Å². The van der Waals surface area contributed by atoms with E-state index in [9.17, 15) is 9.59 Å². The molecule has 0 saturated carbocycles. The summed E-state index contributed by atoms with van der Waals surface area (Å²) in [5.74, 6) is 1.07. The fourth-order valence-electron chi connectivity index (χ4n) is 2.72. The van der Waals surface area contributed by atoms with Gasteiger partial charge in [-0.05, 0) is 54.4 Å². The highest BCUT2D eigenvalue weighted by Crippen LogP contribution is 2.18.